The molecule has 0 spiro atoms. The van der Waals surface area contributed by atoms with Crippen LogP contribution in [0, 0.1) is 12.8 Å². The third-order valence-electron chi connectivity index (χ3n) is 3.46. The van der Waals surface area contributed by atoms with E-state index in [2.05, 4.69) is 17.2 Å². The molecule has 1 aromatic heterocycles. The van der Waals surface area contributed by atoms with E-state index in [-0.39, 0.29) is 5.69 Å². The van der Waals surface area contributed by atoms with Crippen LogP contribution in [0.2, 0.25) is 0 Å². The van der Waals surface area contributed by atoms with Crippen LogP contribution in [0.5, 0.6) is 0 Å². The van der Waals surface area contributed by atoms with Gasteiger partial charge in [0.05, 0.1) is 11.7 Å². The number of aromatic nitrogens is 3. The van der Waals surface area contributed by atoms with Crippen molar-refractivity contribution >= 4 is 5.97 Å². The van der Waals surface area contributed by atoms with Gasteiger partial charge < -0.3 is 5.11 Å². The fraction of sp³-hybridized carbons (Fsp3) is 0.727. The summed E-state index contributed by atoms with van der Waals surface area (Å²) in [5.41, 5.74) is 0.755. The highest BCUT2D eigenvalue weighted by Gasteiger charge is 2.24. The summed E-state index contributed by atoms with van der Waals surface area (Å²) in [6.07, 6.45) is 4.52. The van der Waals surface area contributed by atoms with Crippen LogP contribution in [-0.4, -0.2) is 26.1 Å². The van der Waals surface area contributed by atoms with Gasteiger partial charge in [-0.25, -0.2) is 9.48 Å². The average molecular weight is 223 g/mol. The van der Waals surface area contributed by atoms with E-state index >= 15 is 0 Å². The minimum atomic E-state index is -0.993. The molecule has 0 unspecified atom stereocenters. The Morgan fingerprint density at radius 1 is 1.38 bits per heavy atom. The molecule has 1 saturated carbocycles. The molecule has 0 saturated heterocycles. The first-order chi connectivity index (χ1) is 7.59. The second kappa shape index (κ2) is 4.23. The zero-order chi connectivity index (χ0) is 11.7. The first-order valence-electron chi connectivity index (χ1n) is 5.74. The van der Waals surface area contributed by atoms with Crippen molar-refractivity contribution in [3.63, 3.8) is 0 Å². The quantitative estimate of drug-likeness (QED) is 0.833. The van der Waals surface area contributed by atoms with E-state index < -0.39 is 5.97 Å². The number of nitrogens with zero attached hydrogens (tertiary/aromatic N) is 3. The summed E-state index contributed by atoms with van der Waals surface area (Å²) in [6.45, 7) is 4.04. The van der Waals surface area contributed by atoms with Gasteiger partial charge >= 0.3 is 5.97 Å². The summed E-state index contributed by atoms with van der Waals surface area (Å²) in [5.74, 6) is -0.216. The molecule has 2 rings (SSSR count). The SMILES string of the molecule is Cc1c(C(=O)O)nnn1C1CCC(C)CC1. The highest BCUT2D eigenvalue weighted by Crippen LogP contribution is 2.32. The van der Waals surface area contributed by atoms with E-state index in [0.29, 0.717) is 11.7 Å². The number of carboxylic acids is 1. The number of rotatable bonds is 2. The van der Waals surface area contributed by atoms with E-state index in [1.54, 1.807) is 11.6 Å². The normalized spacial score (nSPS) is 25.6. The highest BCUT2D eigenvalue weighted by atomic mass is 16.4. The minimum Gasteiger partial charge on any atom is -0.476 e. The standard InChI is InChI=1S/C11H17N3O2/c1-7-3-5-9(6-4-7)14-8(2)10(11(15)16)12-13-14/h7,9H,3-6H2,1-2H3,(H,15,16). The zero-order valence-electron chi connectivity index (χ0n) is 9.68. The summed E-state index contributed by atoms with van der Waals surface area (Å²) < 4.78 is 1.79. The fourth-order valence-electron chi connectivity index (χ4n) is 2.37. The summed E-state index contributed by atoms with van der Waals surface area (Å²) in [7, 11) is 0. The predicted octanol–water partition coefficient (Wildman–Crippen LogP) is 2.04. The third-order valence-corrected chi connectivity index (χ3v) is 3.46. The van der Waals surface area contributed by atoms with Gasteiger partial charge in [-0.15, -0.1) is 5.10 Å². The molecule has 0 atom stereocenters. The number of hydrogen-bond acceptors (Lipinski definition) is 3. The Morgan fingerprint density at radius 2 is 2.00 bits per heavy atom. The molecule has 1 heterocycles. The van der Waals surface area contributed by atoms with Crippen LogP contribution < -0.4 is 0 Å². The van der Waals surface area contributed by atoms with Crippen LogP contribution in [0.1, 0.15) is 54.8 Å². The third kappa shape index (κ3) is 1.94. The van der Waals surface area contributed by atoms with Gasteiger partial charge in [-0.2, -0.15) is 0 Å². The van der Waals surface area contributed by atoms with E-state index in [9.17, 15) is 4.79 Å². The van der Waals surface area contributed by atoms with Crippen molar-refractivity contribution < 1.29 is 9.90 Å². The molecular formula is C11H17N3O2. The Balaban J connectivity index is 2.18. The van der Waals surface area contributed by atoms with E-state index in [4.69, 9.17) is 5.11 Å². The summed E-state index contributed by atoms with van der Waals surface area (Å²) in [4.78, 5) is 10.9. The molecule has 1 aromatic rings. The maximum atomic E-state index is 10.9. The van der Waals surface area contributed by atoms with Gasteiger partial charge in [0.1, 0.15) is 0 Å². The molecule has 1 fully saturated rings. The van der Waals surface area contributed by atoms with Crippen molar-refractivity contribution in [2.24, 2.45) is 5.92 Å². The molecule has 0 radical (unpaired) electrons. The van der Waals surface area contributed by atoms with E-state index in [1.165, 1.54) is 12.8 Å². The monoisotopic (exact) mass is 223 g/mol. The lowest BCUT2D eigenvalue weighted by Crippen LogP contribution is -2.19. The van der Waals surface area contributed by atoms with E-state index in [0.717, 1.165) is 18.8 Å². The first-order valence-corrected chi connectivity index (χ1v) is 5.74. The lowest BCUT2D eigenvalue weighted by molar-refractivity contribution is 0.0689. The Hall–Kier alpha value is -1.39. The Morgan fingerprint density at radius 3 is 2.50 bits per heavy atom. The van der Waals surface area contributed by atoms with Crippen LogP contribution in [0.3, 0.4) is 0 Å². The molecule has 0 aliphatic heterocycles. The molecular weight excluding hydrogens is 206 g/mol. The largest absolute Gasteiger partial charge is 0.476 e. The molecule has 0 amide bonds. The molecule has 1 N–H and O–H groups in total. The van der Waals surface area contributed by atoms with Crippen molar-refractivity contribution in [1.29, 1.82) is 0 Å². The Labute approximate surface area is 94.5 Å². The van der Waals surface area contributed by atoms with Crippen LogP contribution in [0.25, 0.3) is 0 Å². The second-order valence-electron chi connectivity index (χ2n) is 4.69. The van der Waals surface area contributed by atoms with Crippen molar-refractivity contribution in [2.45, 2.75) is 45.6 Å². The number of carbonyl (C=O) groups is 1. The summed E-state index contributed by atoms with van der Waals surface area (Å²) >= 11 is 0. The van der Waals surface area contributed by atoms with Crippen molar-refractivity contribution in [3.8, 4) is 0 Å². The maximum Gasteiger partial charge on any atom is 0.358 e. The molecule has 1 aliphatic carbocycles. The Kier molecular flexibility index (Phi) is 2.94. The molecule has 16 heavy (non-hydrogen) atoms. The van der Waals surface area contributed by atoms with Crippen molar-refractivity contribution in [3.05, 3.63) is 11.4 Å². The summed E-state index contributed by atoms with van der Waals surface area (Å²) in [6, 6.07) is 0.330. The molecule has 5 nitrogen and oxygen atoms in total. The molecule has 0 aromatic carbocycles. The fourth-order valence-corrected chi connectivity index (χ4v) is 2.37. The zero-order valence-corrected chi connectivity index (χ0v) is 9.68. The Bertz CT molecular complexity index is 392. The second-order valence-corrected chi connectivity index (χ2v) is 4.69. The molecule has 1 aliphatic rings. The van der Waals surface area contributed by atoms with Crippen LogP contribution in [0.4, 0.5) is 0 Å². The van der Waals surface area contributed by atoms with Gasteiger partial charge in [0.25, 0.3) is 0 Å². The van der Waals surface area contributed by atoms with Gasteiger partial charge in [0.15, 0.2) is 5.69 Å². The summed E-state index contributed by atoms with van der Waals surface area (Å²) in [5, 5.41) is 16.6. The average Bonchev–Trinajstić information content (AvgIpc) is 2.61. The van der Waals surface area contributed by atoms with E-state index in [1.807, 2.05) is 0 Å². The van der Waals surface area contributed by atoms with Crippen molar-refractivity contribution in [1.82, 2.24) is 15.0 Å². The number of hydrogen-bond donors (Lipinski definition) is 1. The maximum absolute atomic E-state index is 10.9. The van der Waals surface area contributed by atoms with Gasteiger partial charge in [0.2, 0.25) is 0 Å². The van der Waals surface area contributed by atoms with Crippen LogP contribution >= 0.6 is 0 Å². The van der Waals surface area contributed by atoms with Crippen molar-refractivity contribution in [2.75, 3.05) is 0 Å². The highest BCUT2D eigenvalue weighted by molar-refractivity contribution is 5.86. The smallest absolute Gasteiger partial charge is 0.358 e. The molecule has 0 bridgehead atoms. The number of aromatic carboxylic acids is 1. The molecule has 5 heteroatoms. The lowest BCUT2D eigenvalue weighted by atomic mass is 9.87. The lowest BCUT2D eigenvalue weighted by Gasteiger charge is -2.26. The van der Waals surface area contributed by atoms with Crippen LogP contribution in [-0.2, 0) is 0 Å². The van der Waals surface area contributed by atoms with Gasteiger partial charge in [0, 0.05) is 0 Å². The van der Waals surface area contributed by atoms with Gasteiger partial charge in [-0.05, 0) is 38.5 Å². The van der Waals surface area contributed by atoms with Gasteiger partial charge in [-0.1, -0.05) is 12.1 Å². The topological polar surface area (TPSA) is 68.0 Å². The molecule has 88 valence electrons. The van der Waals surface area contributed by atoms with Crippen LogP contribution in [0.15, 0.2) is 0 Å². The minimum absolute atomic E-state index is 0.0821. The van der Waals surface area contributed by atoms with Gasteiger partial charge in [-0.3, -0.25) is 0 Å². The number of carboxylic acid groups (broad SMARTS) is 1. The predicted molar refractivity (Wildman–Crippen MR) is 58.4 cm³/mol. The first kappa shape index (κ1) is 11.1.